The Morgan fingerprint density at radius 2 is 2.33 bits per heavy atom. The first kappa shape index (κ1) is 12.2. The fourth-order valence-electron chi connectivity index (χ4n) is 2.44. The SMILES string of the molecule is NNc1nc(N(Cc2ccco2)C2CC2)c2cn[nH]c2n1. The van der Waals surface area contributed by atoms with E-state index in [1.807, 2.05) is 12.1 Å². The van der Waals surface area contributed by atoms with Gasteiger partial charge in [-0.1, -0.05) is 0 Å². The summed E-state index contributed by atoms with van der Waals surface area (Å²) < 4.78 is 5.46. The van der Waals surface area contributed by atoms with Crippen LogP contribution in [0.15, 0.2) is 29.0 Å². The van der Waals surface area contributed by atoms with Crippen LogP contribution in [0.1, 0.15) is 18.6 Å². The number of aromatic nitrogens is 4. The summed E-state index contributed by atoms with van der Waals surface area (Å²) in [6, 6.07) is 4.32. The molecule has 3 aromatic rings. The summed E-state index contributed by atoms with van der Waals surface area (Å²) in [5.74, 6) is 7.55. The Morgan fingerprint density at radius 3 is 3.05 bits per heavy atom. The number of H-pyrrole nitrogens is 1. The standard InChI is InChI=1S/C13H15N7O/c14-18-13-16-11-10(6-15-19-11)12(17-13)20(8-3-4-8)7-9-2-1-5-21-9/h1-2,5-6,8H,3-4,7,14H2,(H2,15,16,17,18,19). The van der Waals surface area contributed by atoms with Crippen molar-refractivity contribution in [1.82, 2.24) is 20.2 Å². The van der Waals surface area contributed by atoms with Crippen LogP contribution in [-0.2, 0) is 6.54 Å². The number of aromatic amines is 1. The molecule has 1 saturated carbocycles. The van der Waals surface area contributed by atoms with Gasteiger partial charge in [-0.25, -0.2) is 5.84 Å². The Kier molecular flexibility index (Phi) is 2.74. The summed E-state index contributed by atoms with van der Waals surface area (Å²) >= 11 is 0. The third kappa shape index (κ3) is 2.19. The highest BCUT2D eigenvalue weighted by Gasteiger charge is 2.32. The van der Waals surface area contributed by atoms with Gasteiger partial charge >= 0.3 is 0 Å². The van der Waals surface area contributed by atoms with Crippen LogP contribution in [0.2, 0.25) is 0 Å². The molecule has 1 aliphatic carbocycles. The highest BCUT2D eigenvalue weighted by molar-refractivity contribution is 5.87. The van der Waals surface area contributed by atoms with Gasteiger partial charge in [0, 0.05) is 6.04 Å². The normalized spacial score (nSPS) is 14.5. The zero-order valence-corrected chi connectivity index (χ0v) is 11.3. The monoisotopic (exact) mass is 285 g/mol. The third-order valence-corrected chi connectivity index (χ3v) is 3.58. The number of hydrazine groups is 1. The number of nitrogen functional groups attached to an aromatic ring is 1. The highest BCUT2D eigenvalue weighted by Crippen LogP contribution is 2.35. The average Bonchev–Trinajstić information content (AvgIpc) is 3.02. The molecule has 0 spiro atoms. The van der Waals surface area contributed by atoms with E-state index < -0.39 is 0 Å². The van der Waals surface area contributed by atoms with Gasteiger partial charge in [-0.2, -0.15) is 15.1 Å². The minimum absolute atomic E-state index is 0.367. The first-order valence-electron chi connectivity index (χ1n) is 6.82. The number of hydrogen-bond donors (Lipinski definition) is 3. The number of furan rings is 1. The van der Waals surface area contributed by atoms with Crippen molar-refractivity contribution in [2.45, 2.75) is 25.4 Å². The van der Waals surface area contributed by atoms with E-state index in [1.165, 1.54) is 0 Å². The second-order valence-electron chi connectivity index (χ2n) is 5.09. The van der Waals surface area contributed by atoms with E-state index in [9.17, 15) is 0 Å². The second-order valence-corrected chi connectivity index (χ2v) is 5.09. The summed E-state index contributed by atoms with van der Waals surface area (Å²) in [6.07, 6.45) is 5.72. The smallest absolute Gasteiger partial charge is 0.241 e. The number of nitrogens with one attached hydrogen (secondary N) is 2. The van der Waals surface area contributed by atoms with E-state index in [1.54, 1.807) is 12.5 Å². The summed E-state index contributed by atoms with van der Waals surface area (Å²) in [5, 5.41) is 7.79. The molecule has 4 N–H and O–H groups in total. The van der Waals surface area contributed by atoms with Crippen LogP contribution >= 0.6 is 0 Å². The van der Waals surface area contributed by atoms with E-state index in [4.69, 9.17) is 10.3 Å². The largest absolute Gasteiger partial charge is 0.467 e. The summed E-state index contributed by atoms with van der Waals surface area (Å²) in [7, 11) is 0. The number of nitrogens with two attached hydrogens (primary N) is 1. The van der Waals surface area contributed by atoms with Crippen LogP contribution in [0.3, 0.4) is 0 Å². The summed E-state index contributed by atoms with van der Waals surface area (Å²) in [6.45, 7) is 0.666. The molecule has 3 heterocycles. The zero-order valence-electron chi connectivity index (χ0n) is 11.3. The molecular weight excluding hydrogens is 270 g/mol. The average molecular weight is 285 g/mol. The van der Waals surface area contributed by atoms with Gasteiger partial charge in [-0.3, -0.25) is 10.5 Å². The van der Waals surface area contributed by atoms with Gasteiger partial charge in [-0.15, -0.1) is 0 Å². The molecule has 0 saturated heterocycles. The lowest BCUT2D eigenvalue weighted by molar-refractivity contribution is 0.500. The van der Waals surface area contributed by atoms with Crippen molar-refractivity contribution < 1.29 is 4.42 Å². The van der Waals surface area contributed by atoms with E-state index in [2.05, 4.69) is 30.5 Å². The number of fused-ring (bicyclic) bond motifs is 1. The lowest BCUT2D eigenvalue weighted by atomic mass is 10.3. The number of rotatable bonds is 5. The Balaban J connectivity index is 1.79. The van der Waals surface area contributed by atoms with Crippen molar-refractivity contribution in [3.05, 3.63) is 30.4 Å². The summed E-state index contributed by atoms with van der Waals surface area (Å²) in [5.41, 5.74) is 3.17. The quantitative estimate of drug-likeness (QED) is 0.480. The van der Waals surface area contributed by atoms with Crippen LogP contribution in [0.5, 0.6) is 0 Å². The maximum Gasteiger partial charge on any atom is 0.241 e. The van der Waals surface area contributed by atoms with Gasteiger partial charge in [0.15, 0.2) is 5.65 Å². The van der Waals surface area contributed by atoms with Gasteiger partial charge in [0.1, 0.15) is 11.6 Å². The molecule has 0 unspecified atom stereocenters. The minimum Gasteiger partial charge on any atom is -0.467 e. The molecule has 8 nitrogen and oxygen atoms in total. The Bertz CT molecular complexity index is 747. The first-order chi connectivity index (χ1) is 10.3. The predicted octanol–water partition coefficient (Wildman–Crippen LogP) is 1.40. The van der Waals surface area contributed by atoms with Crippen molar-refractivity contribution in [2.24, 2.45) is 5.84 Å². The maximum atomic E-state index is 5.46. The molecule has 0 aliphatic heterocycles. The third-order valence-electron chi connectivity index (χ3n) is 3.58. The maximum absolute atomic E-state index is 5.46. The first-order valence-corrected chi connectivity index (χ1v) is 6.82. The minimum atomic E-state index is 0.367. The molecule has 108 valence electrons. The molecule has 8 heteroatoms. The second kappa shape index (κ2) is 4.74. The van der Waals surface area contributed by atoms with Crippen molar-refractivity contribution >= 4 is 22.8 Å². The molecule has 0 radical (unpaired) electrons. The van der Waals surface area contributed by atoms with Crippen LogP contribution in [0.4, 0.5) is 11.8 Å². The molecule has 0 aromatic carbocycles. The fourth-order valence-corrected chi connectivity index (χ4v) is 2.44. The molecule has 1 fully saturated rings. The Hall–Kier alpha value is -2.61. The topological polar surface area (TPSA) is 109 Å². The van der Waals surface area contributed by atoms with E-state index in [-0.39, 0.29) is 0 Å². The van der Waals surface area contributed by atoms with Gasteiger partial charge in [0.25, 0.3) is 0 Å². The van der Waals surface area contributed by atoms with Crippen molar-refractivity contribution in [2.75, 3.05) is 10.3 Å². The lowest BCUT2D eigenvalue weighted by Crippen LogP contribution is -2.26. The van der Waals surface area contributed by atoms with Gasteiger partial charge in [-0.05, 0) is 25.0 Å². The lowest BCUT2D eigenvalue weighted by Gasteiger charge is -2.23. The van der Waals surface area contributed by atoms with Crippen LogP contribution in [0, 0.1) is 0 Å². The van der Waals surface area contributed by atoms with Crippen molar-refractivity contribution in [1.29, 1.82) is 0 Å². The van der Waals surface area contributed by atoms with E-state index in [0.29, 0.717) is 24.2 Å². The van der Waals surface area contributed by atoms with Crippen LogP contribution in [0.25, 0.3) is 11.0 Å². The van der Waals surface area contributed by atoms with Crippen molar-refractivity contribution in [3.63, 3.8) is 0 Å². The number of hydrogen-bond acceptors (Lipinski definition) is 7. The molecule has 0 amide bonds. The van der Waals surface area contributed by atoms with Crippen LogP contribution < -0.4 is 16.2 Å². The molecule has 21 heavy (non-hydrogen) atoms. The van der Waals surface area contributed by atoms with Gasteiger partial charge in [0.2, 0.25) is 5.95 Å². The van der Waals surface area contributed by atoms with Crippen LogP contribution in [-0.4, -0.2) is 26.2 Å². The number of nitrogens with zero attached hydrogens (tertiary/aromatic N) is 4. The fraction of sp³-hybridized carbons (Fsp3) is 0.308. The molecule has 4 rings (SSSR count). The molecular formula is C13H15N7O. The Morgan fingerprint density at radius 1 is 1.43 bits per heavy atom. The van der Waals surface area contributed by atoms with Crippen molar-refractivity contribution in [3.8, 4) is 0 Å². The van der Waals surface area contributed by atoms with Gasteiger partial charge < -0.3 is 9.32 Å². The zero-order chi connectivity index (χ0) is 14.2. The molecule has 3 aromatic heterocycles. The van der Waals surface area contributed by atoms with E-state index in [0.717, 1.165) is 29.8 Å². The summed E-state index contributed by atoms with van der Waals surface area (Å²) in [4.78, 5) is 11.0. The number of anilines is 2. The predicted molar refractivity (Wildman–Crippen MR) is 77.4 cm³/mol. The molecule has 0 bridgehead atoms. The highest BCUT2D eigenvalue weighted by atomic mass is 16.3. The van der Waals surface area contributed by atoms with Gasteiger partial charge in [0.05, 0.1) is 24.4 Å². The Labute approximate surface area is 120 Å². The molecule has 1 aliphatic rings. The van der Waals surface area contributed by atoms with E-state index >= 15 is 0 Å². The molecule has 0 atom stereocenters.